The smallest absolute Gasteiger partial charge is 0.313 e. The van der Waals surface area contributed by atoms with E-state index in [1.807, 2.05) is 25.2 Å². The number of ether oxygens (including phenoxy) is 2. The average molecular weight is 433 g/mol. The number of fused-ring (bicyclic) bond motifs is 2. The summed E-state index contributed by atoms with van der Waals surface area (Å²) in [6.07, 6.45) is 10.00. The number of aliphatic hydroxyl groups excluding tert-OH is 1. The molecule has 2 amide bonds. The number of hydrogen-bond acceptors (Lipinski definition) is 6. The zero-order valence-electron chi connectivity index (χ0n) is 18.3. The van der Waals surface area contributed by atoms with Crippen molar-refractivity contribution in [3.05, 3.63) is 24.3 Å². The summed E-state index contributed by atoms with van der Waals surface area (Å²) in [5.74, 6) is -2.55. The minimum absolute atomic E-state index is 0.0916. The van der Waals surface area contributed by atoms with Gasteiger partial charge in [0.05, 0.1) is 5.92 Å². The molecule has 0 aromatic rings. The topological polar surface area (TPSA) is 96.4 Å². The van der Waals surface area contributed by atoms with Crippen LogP contribution >= 0.6 is 0 Å². The summed E-state index contributed by atoms with van der Waals surface area (Å²) in [4.78, 5) is 43.8. The van der Waals surface area contributed by atoms with Crippen molar-refractivity contribution in [2.24, 2.45) is 11.8 Å². The highest BCUT2D eigenvalue weighted by Crippen LogP contribution is 2.58. The maximum Gasteiger partial charge on any atom is 0.313 e. The molecule has 1 unspecified atom stereocenters. The van der Waals surface area contributed by atoms with Gasteiger partial charge in [-0.15, -0.1) is 0 Å². The van der Waals surface area contributed by atoms with E-state index >= 15 is 0 Å². The van der Waals surface area contributed by atoms with Crippen LogP contribution in [0.4, 0.5) is 0 Å². The lowest BCUT2D eigenvalue weighted by molar-refractivity contribution is -0.159. The number of esters is 1. The number of carbonyl (C=O) groups is 3. The van der Waals surface area contributed by atoms with Crippen LogP contribution in [0.3, 0.4) is 0 Å². The number of hydrogen-bond donors (Lipinski definition) is 1. The molecule has 8 nitrogen and oxygen atoms in total. The lowest BCUT2D eigenvalue weighted by Crippen LogP contribution is -2.56. The molecule has 4 aliphatic heterocycles. The van der Waals surface area contributed by atoms with Crippen LogP contribution in [-0.4, -0.2) is 82.8 Å². The molecule has 4 heterocycles. The largest absolute Gasteiger partial charge is 0.461 e. The van der Waals surface area contributed by atoms with Gasteiger partial charge in [-0.05, 0) is 25.3 Å². The van der Waals surface area contributed by atoms with Gasteiger partial charge in [-0.2, -0.15) is 0 Å². The van der Waals surface area contributed by atoms with Crippen molar-refractivity contribution in [3.63, 3.8) is 0 Å². The van der Waals surface area contributed by atoms with Gasteiger partial charge in [0.2, 0.25) is 11.8 Å². The van der Waals surface area contributed by atoms with E-state index in [2.05, 4.69) is 6.92 Å². The third-order valence-electron chi connectivity index (χ3n) is 7.12. The van der Waals surface area contributed by atoms with Crippen LogP contribution in [0.15, 0.2) is 24.3 Å². The molecule has 2 saturated heterocycles. The van der Waals surface area contributed by atoms with Gasteiger partial charge < -0.3 is 24.4 Å². The number of carbonyl (C=O) groups excluding carboxylic acids is 3. The Morgan fingerprint density at radius 1 is 1.06 bits per heavy atom. The zero-order chi connectivity index (χ0) is 22.2. The summed E-state index contributed by atoms with van der Waals surface area (Å²) in [7, 11) is 0. The maximum absolute atomic E-state index is 13.8. The maximum atomic E-state index is 13.8. The van der Waals surface area contributed by atoms with Crippen LogP contribution in [0, 0.1) is 11.8 Å². The molecule has 170 valence electrons. The number of rotatable bonds is 7. The Morgan fingerprint density at radius 3 is 2.58 bits per heavy atom. The standard InChI is InChI=1S/C23H32N2O6/c1-3-5-11-24-12-6-10-23-16(19(27)25(13-8-14-26)18(23)20(24)28)17-21(29)30-15-7-9-22(17,4-2)31-23/h6-7,9-10,16-18,26H,3-5,8,11-15H2,1-2H3/t16-,17-,18?,22+,23-/m0/s1. The van der Waals surface area contributed by atoms with Crippen LogP contribution in [0.1, 0.15) is 39.5 Å². The van der Waals surface area contributed by atoms with Crippen molar-refractivity contribution in [2.75, 3.05) is 32.8 Å². The fraction of sp³-hybridized carbons (Fsp3) is 0.696. The predicted octanol–water partition coefficient (Wildman–Crippen LogP) is 1.04. The van der Waals surface area contributed by atoms with Gasteiger partial charge in [0, 0.05) is 26.2 Å². The molecule has 4 aliphatic rings. The molecule has 8 heteroatoms. The summed E-state index contributed by atoms with van der Waals surface area (Å²) in [6, 6.07) is -0.858. The van der Waals surface area contributed by atoms with Crippen LogP contribution in [0.5, 0.6) is 0 Å². The molecule has 2 fully saturated rings. The van der Waals surface area contributed by atoms with E-state index in [1.165, 1.54) is 4.90 Å². The first-order valence-electron chi connectivity index (χ1n) is 11.4. The number of nitrogens with zero attached hydrogens (tertiary/aromatic N) is 2. The lowest BCUT2D eigenvalue weighted by atomic mass is 9.73. The first-order chi connectivity index (χ1) is 15.0. The normalized spacial score (nSPS) is 36.7. The highest BCUT2D eigenvalue weighted by Gasteiger charge is 2.75. The first-order valence-corrected chi connectivity index (χ1v) is 11.4. The molecule has 0 aliphatic carbocycles. The van der Waals surface area contributed by atoms with E-state index in [1.54, 1.807) is 11.0 Å². The van der Waals surface area contributed by atoms with Crippen LogP contribution in [-0.2, 0) is 23.9 Å². The van der Waals surface area contributed by atoms with Crippen molar-refractivity contribution in [1.82, 2.24) is 9.80 Å². The van der Waals surface area contributed by atoms with Crippen molar-refractivity contribution in [3.8, 4) is 0 Å². The van der Waals surface area contributed by atoms with Gasteiger partial charge in [-0.25, -0.2) is 0 Å². The molecule has 1 spiro atoms. The van der Waals surface area contributed by atoms with E-state index in [0.29, 0.717) is 25.9 Å². The molecule has 0 aromatic heterocycles. The van der Waals surface area contributed by atoms with Crippen LogP contribution in [0.25, 0.3) is 0 Å². The molecular formula is C23H32N2O6. The number of cyclic esters (lactones) is 1. The highest BCUT2D eigenvalue weighted by atomic mass is 16.6. The second-order valence-corrected chi connectivity index (χ2v) is 8.80. The molecule has 31 heavy (non-hydrogen) atoms. The van der Waals surface area contributed by atoms with Gasteiger partial charge in [-0.1, -0.05) is 38.5 Å². The fourth-order valence-corrected chi connectivity index (χ4v) is 5.67. The summed E-state index contributed by atoms with van der Waals surface area (Å²) in [6.45, 7) is 5.32. The minimum atomic E-state index is -1.23. The van der Waals surface area contributed by atoms with Crippen molar-refractivity contribution >= 4 is 17.8 Å². The molecule has 4 rings (SSSR count). The zero-order valence-corrected chi connectivity index (χ0v) is 18.3. The second-order valence-electron chi connectivity index (χ2n) is 8.80. The summed E-state index contributed by atoms with van der Waals surface area (Å²) >= 11 is 0. The van der Waals surface area contributed by atoms with E-state index < -0.39 is 35.0 Å². The minimum Gasteiger partial charge on any atom is -0.461 e. The van der Waals surface area contributed by atoms with E-state index in [0.717, 1.165) is 12.8 Å². The third kappa shape index (κ3) is 3.22. The molecule has 0 aromatic carbocycles. The summed E-state index contributed by atoms with van der Waals surface area (Å²) in [5, 5.41) is 9.38. The van der Waals surface area contributed by atoms with E-state index in [9.17, 15) is 19.5 Å². The quantitative estimate of drug-likeness (QED) is 0.477. The third-order valence-corrected chi connectivity index (χ3v) is 7.12. The number of amides is 2. The Kier molecular flexibility index (Phi) is 5.96. The number of unbranched alkanes of at least 4 members (excludes halogenated alkanes) is 1. The van der Waals surface area contributed by atoms with E-state index in [4.69, 9.17) is 9.47 Å². The van der Waals surface area contributed by atoms with Crippen LogP contribution in [0.2, 0.25) is 0 Å². The fourth-order valence-electron chi connectivity index (χ4n) is 5.67. The Labute approximate surface area is 182 Å². The van der Waals surface area contributed by atoms with Gasteiger partial charge in [0.15, 0.2) is 0 Å². The van der Waals surface area contributed by atoms with Gasteiger partial charge >= 0.3 is 5.97 Å². The average Bonchev–Trinajstić information content (AvgIpc) is 3.04. The molecule has 0 bridgehead atoms. The molecule has 1 N–H and O–H groups in total. The predicted molar refractivity (Wildman–Crippen MR) is 112 cm³/mol. The monoisotopic (exact) mass is 432 g/mol. The highest BCUT2D eigenvalue weighted by molar-refractivity contribution is 5.99. The van der Waals surface area contributed by atoms with Crippen molar-refractivity contribution < 1.29 is 29.0 Å². The van der Waals surface area contributed by atoms with Crippen molar-refractivity contribution in [1.29, 1.82) is 0 Å². The van der Waals surface area contributed by atoms with Crippen molar-refractivity contribution in [2.45, 2.75) is 56.8 Å². The summed E-state index contributed by atoms with van der Waals surface area (Å²) in [5.41, 5.74) is -2.22. The molecule has 0 saturated carbocycles. The molecule has 5 atom stereocenters. The van der Waals surface area contributed by atoms with Gasteiger partial charge in [0.25, 0.3) is 0 Å². The first kappa shape index (κ1) is 22.0. The van der Waals surface area contributed by atoms with Gasteiger partial charge in [0.1, 0.15) is 29.8 Å². The SMILES string of the molecule is CCCCN1CC=C[C@]23O[C@]4(CC)C=CCOC(=O)[C@@H]4[C@H]2C(=O)N(CCCO)C3C1=O. The Bertz CT molecular complexity index is 810. The lowest BCUT2D eigenvalue weighted by Gasteiger charge is -2.38. The van der Waals surface area contributed by atoms with E-state index in [-0.39, 0.29) is 31.6 Å². The van der Waals surface area contributed by atoms with Gasteiger partial charge in [-0.3, -0.25) is 14.4 Å². The molecule has 0 radical (unpaired) electrons. The Hall–Kier alpha value is -2.19. The Morgan fingerprint density at radius 2 is 1.87 bits per heavy atom. The number of likely N-dealkylation sites (tertiary alicyclic amines) is 1. The second kappa shape index (κ2) is 8.39. The summed E-state index contributed by atoms with van der Waals surface area (Å²) < 4.78 is 12.1. The Balaban J connectivity index is 1.83. The number of aliphatic hydroxyl groups is 1. The molecular weight excluding hydrogens is 400 g/mol. The van der Waals surface area contributed by atoms with Crippen LogP contribution < -0.4 is 0 Å².